The minimum atomic E-state index is 0.658. The Morgan fingerprint density at radius 3 is 2.65 bits per heavy atom. The van der Waals surface area contributed by atoms with Gasteiger partial charge in [0.2, 0.25) is 5.88 Å². The highest BCUT2D eigenvalue weighted by Gasteiger charge is 2.23. The summed E-state index contributed by atoms with van der Waals surface area (Å²) in [6.07, 6.45) is 1.56. The van der Waals surface area contributed by atoms with Crippen molar-refractivity contribution in [2.45, 2.75) is 20.4 Å². The van der Waals surface area contributed by atoms with Gasteiger partial charge in [0.15, 0.2) is 0 Å². The summed E-state index contributed by atoms with van der Waals surface area (Å²) >= 11 is 0. The van der Waals surface area contributed by atoms with Crippen LogP contribution in [0.15, 0.2) is 24.5 Å². The van der Waals surface area contributed by atoms with Crippen molar-refractivity contribution >= 4 is 11.6 Å². The summed E-state index contributed by atoms with van der Waals surface area (Å²) in [4.78, 5) is 18.1. The zero-order chi connectivity index (χ0) is 18.1. The third kappa shape index (κ3) is 3.08. The van der Waals surface area contributed by atoms with Crippen LogP contribution >= 0.6 is 0 Å². The van der Waals surface area contributed by atoms with Crippen LogP contribution in [0.5, 0.6) is 5.88 Å². The van der Waals surface area contributed by atoms with Crippen molar-refractivity contribution in [3.8, 4) is 5.88 Å². The molecule has 0 atom stereocenters. The van der Waals surface area contributed by atoms with Crippen molar-refractivity contribution in [3.63, 3.8) is 0 Å². The van der Waals surface area contributed by atoms with Gasteiger partial charge in [-0.05, 0) is 19.9 Å². The van der Waals surface area contributed by atoms with E-state index >= 15 is 0 Å². The van der Waals surface area contributed by atoms with Crippen LogP contribution in [0.2, 0.25) is 0 Å². The van der Waals surface area contributed by atoms with E-state index < -0.39 is 0 Å². The Bertz CT molecular complexity index is 915. The molecule has 4 heterocycles. The number of fused-ring (bicyclic) bond motifs is 1. The van der Waals surface area contributed by atoms with E-state index in [1.807, 2.05) is 29.6 Å². The molecule has 0 spiro atoms. The summed E-state index contributed by atoms with van der Waals surface area (Å²) in [7, 11) is 1.65. The van der Waals surface area contributed by atoms with E-state index in [0.717, 1.165) is 55.5 Å². The number of nitrogens with zero attached hydrogens (tertiary/aromatic N) is 7. The summed E-state index contributed by atoms with van der Waals surface area (Å²) in [5.41, 5.74) is 3.20. The van der Waals surface area contributed by atoms with Gasteiger partial charge in [0, 0.05) is 50.0 Å². The van der Waals surface area contributed by atoms with E-state index in [-0.39, 0.29) is 0 Å². The van der Waals surface area contributed by atoms with Gasteiger partial charge in [0.05, 0.1) is 12.8 Å². The summed E-state index contributed by atoms with van der Waals surface area (Å²) in [5.74, 6) is 2.42. The third-order valence-corrected chi connectivity index (χ3v) is 4.92. The first-order valence-electron chi connectivity index (χ1n) is 8.80. The monoisotopic (exact) mass is 353 g/mol. The highest BCUT2D eigenvalue weighted by Crippen LogP contribution is 2.24. The van der Waals surface area contributed by atoms with Gasteiger partial charge < -0.3 is 9.64 Å². The zero-order valence-electron chi connectivity index (χ0n) is 15.4. The highest BCUT2D eigenvalue weighted by molar-refractivity contribution is 5.54. The van der Waals surface area contributed by atoms with Crippen molar-refractivity contribution in [1.82, 2.24) is 29.5 Å². The van der Waals surface area contributed by atoms with Crippen LogP contribution in [0.1, 0.15) is 17.0 Å². The molecular formula is C18H23N7O. The lowest BCUT2D eigenvalue weighted by Crippen LogP contribution is -2.47. The minimum absolute atomic E-state index is 0.658. The van der Waals surface area contributed by atoms with E-state index in [1.54, 1.807) is 13.4 Å². The van der Waals surface area contributed by atoms with E-state index in [9.17, 15) is 0 Å². The number of piperazine rings is 1. The lowest BCUT2D eigenvalue weighted by atomic mass is 10.2. The van der Waals surface area contributed by atoms with Crippen LogP contribution in [0.3, 0.4) is 0 Å². The topological polar surface area (TPSA) is 71.7 Å². The average Bonchev–Trinajstić information content (AvgIpc) is 3.11. The Morgan fingerprint density at radius 1 is 1.08 bits per heavy atom. The molecule has 0 saturated carbocycles. The lowest BCUT2D eigenvalue weighted by Gasteiger charge is -2.36. The second-order valence-electron chi connectivity index (χ2n) is 6.55. The normalized spacial score (nSPS) is 15.6. The number of rotatable bonds is 4. The van der Waals surface area contributed by atoms with Crippen molar-refractivity contribution in [3.05, 3.63) is 41.5 Å². The average molecular weight is 353 g/mol. The number of methoxy groups -OCH3 is 1. The zero-order valence-corrected chi connectivity index (χ0v) is 15.4. The van der Waals surface area contributed by atoms with Gasteiger partial charge in [-0.3, -0.25) is 4.90 Å². The molecule has 1 aliphatic heterocycles. The van der Waals surface area contributed by atoms with E-state index in [1.165, 1.54) is 0 Å². The SMILES string of the molecule is COc1cccc(CN2CCN(c3c(C)c(C)nc4ncnn34)CC2)n1. The van der Waals surface area contributed by atoms with E-state index in [2.05, 4.69) is 36.8 Å². The molecule has 0 bridgehead atoms. The van der Waals surface area contributed by atoms with Crippen LogP contribution in [0.25, 0.3) is 5.78 Å². The van der Waals surface area contributed by atoms with Crippen molar-refractivity contribution < 1.29 is 4.74 Å². The molecule has 4 rings (SSSR count). The third-order valence-electron chi connectivity index (χ3n) is 4.92. The molecule has 3 aromatic rings. The van der Waals surface area contributed by atoms with Gasteiger partial charge in [-0.15, -0.1) is 0 Å². The standard InChI is InChI=1S/C18H23N7O/c1-13-14(2)21-18-19-12-20-25(18)17(13)24-9-7-23(8-10-24)11-15-5-4-6-16(22-15)26-3/h4-6,12H,7-11H2,1-3H3. The first-order valence-corrected chi connectivity index (χ1v) is 8.80. The van der Waals surface area contributed by atoms with Crippen LogP contribution in [-0.4, -0.2) is 62.8 Å². The Balaban J connectivity index is 1.49. The van der Waals surface area contributed by atoms with Gasteiger partial charge in [-0.25, -0.2) is 9.97 Å². The molecule has 0 aliphatic carbocycles. The van der Waals surface area contributed by atoms with Gasteiger partial charge in [0.25, 0.3) is 5.78 Å². The molecule has 8 heteroatoms. The molecule has 0 amide bonds. The van der Waals surface area contributed by atoms with Gasteiger partial charge >= 0.3 is 0 Å². The van der Waals surface area contributed by atoms with Gasteiger partial charge in [0.1, 0.15) is 12.1 Å². The maximum absolute atomic E-state index is 5.22. The smallest absolute Gasteiger partial charge is 0.254 e. The number of pyridine rings is 1. The lowest BCUT2D eigenvalue weighted by molar-refractivity contribution is 0.245. The maximum atomic E-state index is 5.22. The molecule has 0 N–H and O–H groups in total. The fourth-order valence-corrected chi connectivity index (χ4v) is 3.39. The Hall–Kier alpha value is -2.74. The van der Waals surface area contributed by atoms with E-state index in [4.69, 9.17) is 4.74 Å². The molecular weight excluding hydrogens is 330 g/mol. The van der Waals surface area contributed by atoms with Crippen molar-refractivity contribution in [1.29, 1.82) is 0 Å². The van der Waals surface area contributed by atoms with E-state index in [0.29, 0.717) is 11.7 Å². The number of ether oxygens (including phenoxy) is 1. The summed E-state index contributed by atoms with van der Waals surface area (Å²) in [6.45, 7) is 8.76. The molecule has 1 fully saturated rings. The van der Waals surface area contributed by atoms with Crippen LogP contribution < -0.4 is 9.64 Å². The highest BCUT2D eigenvalue weighted by atomic mass is 16.5. The number of aromatic nitrogens is 5. The Kier molecular flexibility index (Phi) is 4.42. The molecule has 136 valence electrons. The first kappa shape index (κ1) is 16.7. The predicted octanol–water partition coefficient (Wildman–Crippen LogP) is 1.47. The summed E-state index contributed by atoms with van der Waals surface area (Å²) in [6, 6.07) is 5.91. The van der Waals surface area contributed by atoms with Crippen molar-refractivity contribution in [2.75, 3.05) is 38.2 Å². The number of hydrogen-bond donors (Lipinski definition) is 0. The fraction of sp³-hybridized carbons (Fsp3) is 0.444. The summed E-state index contributed by atoms with van der Waals surface area (Å²) in [5, 5.41) is 4.37. The number of aryl methyl sites for hydroxylation is 1. The molecule has 0 radical (unpaired) electrons. The minimum Gasteiger partial charge on any atom is -0.481 e. The Morgan fingerprint density at radius 2 is 1.88 bits per heavy atom. The maximum Gasteiger partial charge on any atom is 0.254 e. The fourth-order valence-electron chi connectivity index (χ4n) is 3.39. The molecule has 3 aromatic heterocycles. The number of hydrogen-bond acceptors (Lipinski definition) is 7. The van der Waals surface area contributed by atoms with Gasteiger partial charge in [-0.2, -0.15) is 14.6 Å². The van der Waals surface area contributed by atoms with Crippen LogP contribution in [0, 0.1) is 13.8 Å². The molecule has 1 aliphatic rings. The van der Waals surface area contributed by atoms with Crippen LogP contribution in [0.4, 0.5) is 5.82 Å². The van der Waals surface area contributed by atoms with Crippen LogP contribution in [-0.2, 0) is 6.54 Å². The first-order chi connectivity index (χ1) is 12.7. The second-order valence-corrected chi connectivity index (χ2v) is 6.55. The van der Waals surface area contributed by atoms with Gasteiger partial charge in [-0.1, -0.05) is 6.07 Å². The second kappa shape index (κ2) is 6.87. The van der Waals surface area contributed by atoms with Crippen molar-refractivity contribution in [2.24, 2.45) is 0 Å². The predicted molar refractivity (Wildman–Crippen MR) is 98.5 cm³/mol. The Labute approximate surface area is 152 Å². The molecule has 0 aromatic carbocycles. The summed E-state index contributed by atoms with van der Waals surface area (Å²) < 4.78 is 7.07. The quantitative estimate of drug-likeness (QED) is 0.703. The molecule has 8 nitrogen and oxygen atoms in total. The molecule has 0 unspecified atom stereocenters. The molecule has 26 heavy (non-hydrogen) atoms. The number of anilines is 1. The molecule has 1 saturated heterocycles. The largest absolute Gasteiger partial charge is 0.481 e.